The Kier molecular flexibility index (Phi) is 4.53. The molecule has 2 aromatic rings. The van der Waals surface area contributed by atoms with Crippen LogP contribution in [0.1, 0.15) is 22.8 Å². The molecule has 0 aromatic heterocycles. The van der Waals surface area contributed by atoms with Crippen LogP contribution in [-0.4, -0.2) is 42.0 Å². The van der Waals surface area contributed by atoms with Crippen LogP contribution < -0.4 is 25.8 Å². The molecular formula is C20H18N4O6. The van der Waals surface area contributed by atoms with Crippen LogP contribution in [0.15, 0.2) is 42.5 Å². The van der Waals surface area contributed by atoms with E-state index in [1.165, 1.54) is 24.3 Å². The molecule has 154 valence electrons. The van der Waals surface area contributed by atoms with Crippen molar-refractivity contribution >= 4 is 29.4 Å². The molecule has 0 bridgehead atoms. The number of hydrogen-bond acceptors (Lipinski definition) is 6. The Morgan fingerprint density at radius 3 is 2.53 bits per heavy atom. The molecule has 4 rings (SSSR count). The van der Waals surface area contributed by atoms with Crippen molar-refractivity contribution in [3.8, 4) is 11.5 Å². The highest BCUT2D eigenvalue weighted by atomic mass is 16.7. The number of anilines is 1. The van der Waals surface area contributed by atoms with Crippen molar-refractivity contribution < 1.29 is 28.7 Å². The zero-order valence-corrected chi connectivity index (χ0v) is 15.9. The van der Waals surface area contributed by atoms with Gasteiger partial charge in [0, 0.05) is 11.3 Å². The van der Waals surface area contributed by atoms with Crippen molar-refractivity contribution in [2.75, 3.05) is 18.7 Å². The van der Waals surface area contributed by atoms with E-state index in [1.807, 2.05) is 0 Å². The molecule has 5 amide bonds. The van der Waals surface area contributed by atoms with Gasteiger partial charge in [0.2, 0.25) is 18.6 Å². The summed E-state index contributed by atoms with van der Waals surface area (Å²) in [7, 11) is 0. The standard InChI is InChI=1S/C20H18N4O6/c1-20(12-4-7-14-15(8-12)30-10-29-14)18(27)24(19(28)23-20)9-16(25)22-13-5-2-11(3-6-13)17(21)26/h2-8H,9-10H2,1H3,(H2,21,26)(H,22,25)(H,23,28)/t20-/m0/s1. The van der Waals surface area contributed by atoms with Crippen LogP contribution in [0.3, 0.4) is 0 Å². The van der Waals surface area contributed by atoms with Gasteiger partial charge in [-0.2, -0.15) is 0 Å². The third-order valence-corrected chi connectivity index (χ3v) is 4.98. The maximum atomic E-state index is 13.0. The van der Waals surface area contributed by atoms with Crippen LogP contribution >= 0.6 is 0 Å². The Bertz CT molecular complexity index is 1070. The van der Waals surface area contributed by atoms with E-state index in [4.69, 9.17) is 15.2 Å². The first-order valence-electron chi connectivity index (χ1n) is 9.02. The maximum absolute atomic E-state index is 13.0. The summed E-state index contributed by atoms with van der Waals surface area (Å²) in [5.74, 6) is -0.690. The van der Waals surface area contributed by atoms with Crippen molar-refractivity contribution in [3.63, 3.8) is 0 Å². The van der Waals surface area contributed by atoms with Gasteiger partial charge >= 0.3 is 6.03 Å². The number of ether oxygens (including phenoxy) is 2. The molecule has 0 spiro atoms. The molecule has 1 saturated heterocycles. The van der Waals surface area contributed by atoms with Gasteiger partial charge in [0.05, 0.1) is 0 Å². The molecule has 1 fully saturated rings. The Labute approximate surface area is 170 Å². The van der Waals surface area contributed by atoms with E-state index in [1.54, 1.807) is 25.1 Å². The lowest BCUT2D eigenvalue weighted by Gasteiger charge is -2.22. The molecule has 2 aromatic carbocycles. The van der Waals surface area contributed by atoms with Crippen LogP contribution in [0, 0.1) is 0 Å². The minimum atomic E-state index is -1.35. The summed E-state index contributed by atoms with van der Waals surface area (Å²) in [5.41, 5.74) is 5.03. The fraction of sp³-hybridized carbons (Fsp3) is 0.200. The molecule has 4 N–H and O–H groups in total. The molecule has 30 heavy (non-hydrogen) atoms. The van der Waals surface area contributed by atoms with Gasteiger partial charge in [-0.25, -0.2) is 4.79 Å². The highest BCUT2D eigenvalue weighted by Crippen LogP contribution is 2.37. The first-order chi connectivity index (χ1) is 14.3. The molecule has 2 aliphatic heterocycles. The number of urea groups is 1. The van der Waals surface area contributed by atoms with Gasteiger partial charge < -0.3 is 25.8 Å². The van der Waals surface area contributed by atoms with Gasteiger partial charge in [0.15, 0.2) is 11.5 Å². The summed E-state index contributed by atoms with van der Waals surface area (Å²) in [6.45, 7) is 1.18. The van der Waals surface area contributed by atoms with Gasteiger partial charge in [-0.3, -0.25) is 19.3 Å². The van der Waals surface area contributed by atoms with E-state index in [2.05, 4.69) is 10.6 Å². The van der Waals surface area contributed by atoms with Crippen molar-refractivity contribution in [1.82, 2.24) is 10.2 Å². The maximum Gasteiger partial charge on any atom is 0.325 e. The predicted molar refractivity (Wildman–Crippen MR) is 104 cm³/mol. The van der Waals surface area contributed by atoms with Crippen LogP contribution in [-0.2, 0) is 15.1 Å². The third-order valence-electron chi connectivity index (χ3n) is 4.98. The average Bonchev–Trinajstić information content (AvgIpc) is 3.27. The van der Waals surface area contributed by atoms with Crippen LogP contribution in [0.25, 0.3) is 0 Å². The summed E-state index contributed by atoms with van der Waals surface area (Å²) in [4.78, 5) is 49.7. The predicted octanol–water partition coefficient (Wildman–Crippen LogP) is 0.920. The topological polar surface area (TPSA) is 140 Å². The molecule has 0 radical (unpaired) electrons. The number of carbonyl (C=O) groups is 4. The Balaban J connectivity index is 1.47. The monoisotopic (exact) mass is 410 g/mol. The summed E-state index contributed by atoms with van der Waals surface area (Å²) >= 11 is 0. The zero-order chi connectivity index (χ0) is 21.5. The number of fused-ring (bicyclic) bond motifs is 1. The van der Waals surface area contributed by atoms with E-state index in [0.29, 0.717) is 28.3 Å². The fourth-order valence-electron chi connectivity index (χ4n) is 3.31. The minimum Gasteiger partial charge on any atom is -0.454 e. The van der Waals surface area contributed by atoms with Gasteiger partial charge in [0.25, 0.3) is 5.91 Å². The van der Waals surface area contributed by atoms with E-state index in [-0.39, 0.29) is 6.79 Å². The average molecular weight is 410 g/mol. The fourth-order valence-corrected chi connectivity index (χ4v) is 3.31. The Hall–Kier alpha value is -4.08. The molecule has 0 unspecified atom stereocenters. The summed E-state index contributed by atoms with van der Waals surface area (Å²) in [6, 6.07) is 10.2. The smallest absolute Gasteiger partial charge is 0.325 e. The number of nitrogens with two attached hydrogens (primary N) is 1. The SMILES string of the molecule is C[C@@]1(c2ccc3c(c2)OCO3)NC(=O)N(CC(=O)Nc2ccc(C(N)=O)cc2)C1=O. The summed E-state index contributed by atoms with van der Waals surface area (Å²) < 4.78 is 10.6. The number of imide groups is 1. The Morgan fingerprint density at radius 1 is 1.13 bits per heavy atom. The largest absolute Gasteiger partial charge is 0.454 e. The first kappa shape index (κ1) is 19.2. The second-order valence-corrected chi connectivity index (χ2v) is 7.00. The van der Waals surface area contributed by atoms with Crippen molar-refractivity contribution in [1.29, 1.82) is 0 Å². The normalized spacial score (nSPS) is 19.6. The van der Waals surface area contributed by atoms with Crippen molar-refractivity contribution in [2.24, 2.45) is 5.73 Å². The van der Waals surface area contributed by atoms with Gasteiger partial charge in [-0.05, 0) is 48.9 Å². The molecular weight excluding hydrogens is 392 g/mol. The number of rotatable bonds is 5. The summed E-state index contributed by atoms with van der Waals surface area (Å²) in [6.07, 6.45) is 0. The summed E-state index contributed by atoms with van der Waals surface area (Å²) in [5, 5.41) is 5.21. The first-order valence-corrected chi connectivity index (χ1v) is 9.02. The zero-order valence-electron chi connectivity index (χ0n) is 15.9. The highest BCUT2D eigenvalue weighted by molar-refractivity contribution is 6.10. The molecule has 1 atom stereocenters. The third kappa shape index (κ3) is 3.28. The number of hydrogen-bond donors (Lipinski definition) is 3. The number of primary amides is 1. The van der Waals surface area contributed by atoms with E-state index in [0.717, 1.165) is 4.90 Å². The van der Waals surface area contributed by atoms with Crippen molar-refractivity contribution in [2.45, 2.75) is 12.5 Å². The number of nitrogens with one attached hydrogen (secondary N) is 2. The van der Waals surface area contributed by atoms with Gasteiger partial charge in [-0.1, -0.05) is 6.07 Å². The van der Waals surface area contributed by atoms with Crippen molar-refractivity contribution in [3.05, 3.63) is 53.6 Å². The lowest BCUT2D eigenvalue weighted by Crippen LogP contribution is -2.42. The van der Waals surface area contributed by atoms with E-state index < -0.39 is 35.8 Å². The van der Waals surface area contributed by atoms with Gasteiger partial charge in [-0.15, -0.1) is 0 Å². The number of nitrogens with zero attached hydrogens (tertiary/aromatic N) is 1. The number of amides is 5. The van der Waals surface area contributed by atoms with Crippen LogP contribution in [0.5, 0.6) is 11.5 Å². The molecule has 10 heteroatoms. The quantitative estimate of drug-likeness (QED) is 0.626. The number of carbonyl (C=O) groups excluding carboxylic acids is 4. The minimum absolute atomic E-state index is 0.0858. The second kappa shape index (κ2) is 7.07. The molecule has 10 nitrogen and oxygen atoms in total. The lowest BCUT2D eigenvalue weighted by molar-refractivity contribution is -0.133. The molecule has 0 aliphatic carbocycles. The molecule has 2 heterocycles. The van der Waals surface area contributed by atoms with Gasteiger partial charge in [0.1, 0.15) is 12.1 Å². The second-order valence-electron chi connectivity index (χ2n) is 7.00. The highest BCUT2D eigenvalue weighted by Gasteiger charge is 2.49. The molecule has 2 aliphatic rings. The van der Waals surface area contributed by atoms with E-state index in [9.17, 15) is 19.2 Å². The van der Waals surface area contributed by atoms with Crippen LogP contribution in [0.4, 0.5) is 10.5 Å². The van der Waals surface area contributed by atoms with Crippen LogP contribution in [0.2, 0.25) is 0 Å². The van der Waals surface area contributed by atoms with E-state index >= 15 is 0 Å². The number of benzene rings is 2. The lowest BCUT2D eigenvalue weighted by atomic mass is 9.91. The Morgan fingerprint density at radius 2 is 1.83 bits per heavy atom. The molecule has 0 saturated carbocycles.